The first-order chi connectivity index (χ1) is 4.18. The first kappa shape index (κ1) is 8.01. The fraction of sp³-hybridized carbons (Fsp3) is 0.500. The molecule has 9 heavy (non-hydrogen) atoms. The third kappa shape index (κ3) is 3.58. The normalized spacial score (nSPS) is 11.1. The van der Waals surface area contributed by atoms with Crippen LogP contribution in [0, 0.1) is 0 Å². The Morgan fingerprint density at radius 1 is 1.78 bits per heavy atom. The molecule has 0 atom stereocenters. The van der Waals surface area contributed by atoms with E-state index in [1.54, 1.807) is 6.92 Å². The fourth-order valence-electron chi connectivity index (χ4n) is 0.259. The van der Waals surface area contributed by atoms with Crippen LogP contribution in [-0.4, -0.2) is 17.7 Å². The molecule has 0 rings (SSSR count). The molecule has 0 spiro atoms. The van der Waals surface area contributed by atoms with Crippen LogP contribution in [-0.2, 0) is 9.53 Å². The van der Waals surface area contributed by atoms with Gasteiger partial charge in [-0.05, 0) is 13.8 Å². The average Bonchev–Trinajstić information content (AvgIpc) is 1.82. The van der Waals surface area contributed by atoms with Gasteiger partial charge in [0.05, 0.1) is 18.4 Å². The van der Waals surface area contributed by atoms with Crippen molar-refractivity contribution < 1.29 is 14.6 Å². The molecule has 3 heteroatoms. The summed E-state index contributed by atoms with van der Waals surface area (Å²) in [7, 11) is 0. The van der Waals surface area contributed by atoms with E-state index in [0.29, 0.717) is 6.61 Å². The highest BCUT2D eigenvalue weighted by molar-refractivity contribution is 5.85. The molecule has 0 aromatic heterocycles. The molecule has 1 N–H and O–H groups in total. The third-order valence-corrected chi connectivity index (χ3v) is 0.764. The molecular weight excluding hydrogens is 121 g/mol. The predicted octanol–water partition coefficient (Wildman–Crippen LogP) is 1.01. The molecule has 0 amide bonds. The molecule has 0 saturated heterocycles. The first-order valence-corrected chi connectivity index (χ1v) is 2.70. The second-order valence-corrected chi connectivity index (χ2v) is 1.56. The summed E-state index contributed by atoms with van der Waals surface area (Å²) in [4.78, 5) is 10.1. The summed E-state index contributed by atoms with van der Waals surface area (Å²) >= 11 is 0. The van der Waals surface area contributed by atoms with Crippen molar-refractivity contribution >= 4 is 5.97 Å². The second-order valence-electron chi connectivity index (χ2n) is 1.56. The molecule has 0 saturated carbocycles. The largest absolute Gasteiger partial charge is 0.501 e. The maximum absolute atomic E-state index is 10.1. The van der Waals surface area contributed by atoms with Crippen LogP contribution in [0.25, 0.3) is 0 Å². The van der Waals surface area contributed by atoms with E-state index in [2.05, 4.69) is 0 Å². The van der Waals surface area contributed by atoms with Gasteiger partial charge in [0, 0.05) is 0 Å². The minimum Gasteiger partial charge on any atom is -0.501 e. The van der Waals surface area contributed by atoms with E-state index in [1.807, 2.05) is 0 Å². The topological polar surface area (TPSA) is 46.5 Å². The quantitative estimate of drug-likeness (QED) is 0.353. The van der Waals surface area contributed by atoms with E-state index in [0.717, 1.165) is 0 Å². The van der Waals surface area contributed by atoms with Crippen LogP contribution in [0.5, 0.6) is 0 Å². The summed E-state index contributed by atoms with van der Waals surface area (Å²) in [5, 5.41) is 8.26. The lowest BCUT2D eigenvalue weighted by Gasteiger charge is -1.93. The van der Waals surface area contributed by atoms with Gasteiger partial charge in [-0.15, -0.1) is 0 Å². The molecular formula is C6H10O3. The van der Waals surface area contributed by atoms with Crippen molar-refractivity contribution in [2.45, 2.75) is 13.8 Å². The van der Waals surface area contributed by atoms with E-state index < -0.39 is 5.97 Å². The molecule has 0 aliphatic heterocycles. The van der Waals surface area contributed by atoms with E-state index >= 15 is 0 Å². The number of carboxylic acid groups (broad SMARTS) is 1. The van der Waals surface area contributed by atoms with E-state index in [9.17, 15) is 4.79 Å². The van der Waals surface area contributed by atoms with Crippen LogP contribution in [0.3, 0.4) is 0 Å². The van der Waals surface area contributed by atoms with Gasteiger partial charge in [0.2, 0.25) is 0 Å². The Morgan fingerprint density at radius 2 is 2.33 bits per heavy atom. The first-order valence-electron chi connectivity index (χ1n) is 2.70. The molecule has 0 radical (unpaired) electrons. The molecule has 0 aliphatic carbocycles. The Balaban J connectivity index is 3.69. The Morgan fingerprint density at radius 3 is 2.67 bits per heavy atom. The third-order valence-electron chi connectivity index (χ3n) is 0.764. The standard InChI is InChI=1S/C6H10O3/c1-3-9-4-5(2)6(7)8/h4H,3H2,1-2H3,(H,7,8)/i4+1. The predicted molar refractivity (Wildman–Crippen MR) is 33.0 cm³/mol. The van der Waals surface area contributed by atoms with Crippen LogP contribution in [0.1, 0.15) is 13.8 Å². The highest BCUT2D eigenvalue weighted by Crippen LogP contribution is 1.91. The number of hydrogen-bond acceptors (Lipinski definition) is 2. The number of carbonyl (C=O) groups is 1. The number of aliphatic carboxylic acids is 1. The van der Waals surface area contributed by atoms with Crippen molar-refractivity contribution in [3.05, 3.63) is 11.8 Å². The van der Waals surface area contributed by atoms with Crippen molar-refractivity contribution in [2.75, 3.05) is 6.61 Å². The summed E-state index contributed by atoms with van der Waals surface area (Å²) in [6, 6.07) is 0. The maximum atomic E-state index is 10.1. The molecule has 0 fully saturated rings. The molecule has 0 aliphatic rings. The maximum Gasteiger partial charge on any atom is 0.334 e. The zero-order valence-electron chi connectivity index (χ0n) is 5.55. The zero-order chi connectivity index (χ0) is 7.28. The molecule has 0 bridgehead atoms. The zero-order valence-corrected chi connectivity index (χ0v) is 5.55. The minimum atomic E-state index is -0.941. The van der Waals surface area contributed by atoms with Crippen LogP contribution in [0.15, 0.2) is 11.8 Å². The lowest BCUT2D eigenvalue weighted by atomic mass is 10.4. The number of hydrogen-bond donors (Lipinski definition) is 1. The lowest BCUT2D eigenvalue weighted by Crippen LogP contribution is -1.96. The number of ether oxygens (including phenoxy) is 1. The summed E-state index contributed by atoms with van der Waals surface area (Å²) in [6.45, 7) is 3.79. The number of rotatable bonds is 3. The summed E-state index contributed by atoms with van der Waals surface area (Å²) < 4.78 is 4.71. The van der Waals surface area contributed by atoms with E-state index in [4.69, 9.17) is 9.84 Å². The van der Waals surface area contributed by atoms with Crippen LogP contribution < -0.4 is 0 Å². The van der Waals surface area contributed by atoms with E-state index in [-0.39, 0.29) is 5.57 Å². The van der Waals surface area contributed by atoms with Gasteiger partial charge in [-0.25, -0.2) is 4.79 Å². The van der Waals surface area contributed by atoms with Crippen LogP contribution in [0.4, 0.5) is 0 Å². The Hall–Kier alpha value is -0.990. The molecule has 3 nitrogen and oxygen atoms in total. The molecule has 52 valence electrons. The molecule has 0 aromatic carbocycles. The highest BCUT2D eigenvalue weighted by atomic mass is 16.5. The van der Waals surface area contributed by atoms with Crippen LogP contribution in [0.2, 0.25) is 0 Å². The van der Waals surface area contributed by atoms with Gasteiger partial charge in [0.25, 0.3) is 0 Å². The summed E-state index contributed by atoms with van der Waals surface area (Å²) in [5.74, 6) is -0.941. The van der Waals surface area contributed by atoms with Gasteiger partial charge in [0.1, 0.15) is 0 Å². The van der Waals surface area contributed by atoms with Gasteiger partial charge in [-0.1, -0.05) is 0 Å². The lowest BCUT2D eigenvalue weighted by molar-refractivity contribution is -0.132. The van der Waals surface area contributed by atoms with Crippen molar-refractivity contribution in [3.8, 4) is 0 Å². The van der Waals surface area contributed by atoms with Gasteiger partial charge in [-0.3, -0.25) is 0 Å². The Labute approximate surface area is 53.9 Å². The van der Waals surface area contributed by atoms with Gasteiger partial charge >= 0.3 is 5.97 Å². The Kier molecular flexibility index (Phi) is 3.51. The minimum absolute atomic E-state index is 0.219. The highest BCUT2D eigenvalue weighted by Gasteiger charge is 1.97. The van der Waals surface area contributed by atoms with Crippen molar-refractivity contribution in [1.82, 2.24) is 0 Å². The average molecular weight is 131 g/mol. The molecule has 0 aromatic rings. The smallest absolute Gasteiger partial charge is 0.334 e. The van der Waals surface area contributed by atoms with Crippen molar-refractivity contribution in [2.24, 2.45) is 0 Å². The van der Waals surface area contributed by atoms with E-state index in [1.165, 1.54) is 13.2 Å². The fourth-order valence-corrected chi connectivity index (χ4v) is 0.259. The molecule has 0 heterocycles. The Bertz CT molecular complexity index is 126. The monoisotopic (exact) mass is 131 g/mol. The second kappa shape index (κ2) is 3.95. The van der Waals surface area contributed by atoms with Gasteiger partial charge in [0.15, 0.2) is 0 Å². The van der Waals surface area contributed by atoms with Gasteiger partial charge < -0.3 is 9.84 Å². The van der Waals surface area contributed by atoms with Gasteiger partial charge in [-0.2, -0.15) is 0 Å². The molecule has 0 unspecified atom stereocenters. The van der Waals surface area contributed by atoms with Crippen LogP contribution >= 0.6 is 0 Å². The number of carboxylic acids is 1. The van der Waals surface area contributed by atoms with Crippen molar-refractivity contribution in [3.63, 3.8) is 0 Å². The SMILES string of the molecule is CCO[13CH]=C(C)C(=O)O. The summed E-state index contributed by atoms with van der Waals surface area (Å²) in [6.07, 6.45) is 1.24. The summed E-state index contributed by atoms with van der Waals surface area (Å²) in [5.41, 5.74) is 0.219. The van der Waals surface area contributed by atoms with Crippen molar-refractivity contribution in [1.29, 1.82) is 0 Å².